The van der Waals surface area contributed by atoms with Gasteiger partial charge in [0.15, 0.2) is 0 Å². The molecule has 3 heteroatoms. The van der Waals surface area contributed by atoms with Crippen LogP contribution in [0.4, 0.5) is 0 Å². The molecule has 0 amide bonds. The van der Waals surface area contributed by atoms with Crippen molar-refractivity contribution in [2.75, 3.05) is 33.7 Å². The Hall–Kier alpha value is -0.120. The summed E-state index contributed by atoms with van der Waals surface area (Å²) < 4.78 is 0. The average molecular weight is 227 g/mol. The Labute approximate surface area is 101 Å². The molecule has 1 fully saturated rings. The van der Waals surface area contributed by atoms with Crippen LogP contribution in [-0.2, 0) is 0 Å². The van der Waals surface area contributed by atoms with Crippen molar-refractivity contribution in [3.63, 3.8) is 0 Å². The predicted molar refractivity (Wildman–Crippen MR) is 70.6 cm³/mol. The Morgan fingerprint density at radius 1 is 1.38 bits per heavy atom. The third-order valence-electron chi connectivity index (χ3n) is 3.73. The maximum atomic E-state index is 5.77. The summed E-state index contributed by atoms with van der Waals surface area (Å²) in [4.78, 5) is 4.95. The van der Waals surface area contributed by atoms with Crippen molar-refractivity contribution in [2.24, 2.45) is 5.73 Å². The van der Waals surface area contributed by atoms with E-state index in [1.54, 1.807) is 0 Å². The molecular weight excluding hydrogens is 198 g/mol. The number of likely N-dealkylation sites (tertiary alicyclic amines) is 1. The standard InChI is InChI=1S/C13H29N3/c1-12(14)7-10-15(2)11-8-13-6-4-5-9-16(13)3/h12-13H,4-11,14H2,1-3H3. The highest BCUT2D eigenvalue weighted by Crippen LogP contribution is 2.17. The van der Waals surface area contributed by atoms with E-state index < -0.39 is 0 Å². The van der Waals surface area contributed by atoms with Crippen LogP contribution >= 0.6 is 0 Å². The highest BCUT2D eigenvalue weighted by atomic mass is 15.1. The summed E-state index contributed by atoms with van der Waals surface area (Å²) in [6, 6.07) is 1.14. The molecule has 2 unspecified atom stereocenters. The molecule has 1 heterocycles. The van der Waals surface area contributed by atoms with Gasteiger partial charge >= 0.3 is 0 Å². The lowest BCUT2D eigenvalue weighted by Gasteiger charge is -2.33. The van der Waals surface area contributed by atoms with E-state index in [9.17, 15) is 0 Å². The molecule has 0 bridgehead atoms. The average Bonchev–Trinajstić information content (AvgIpc) is 2.25. The zero-order valence-electron chi connectivity index (χ0n) is 11.3. The van der Waals surface area contributed by atoms with Crippen molar-refractivity contribution in [3.8, 4) is 0 Å². The summed E-state index contributed by atoms with van der Waals surface area (Å²) in [7, 11) is 4.48. The first-order chi connectivity index (χ1) is 7.59. The molecule has 0 radical (unpaired) electrons. The van der Waals surface area contributed by atoms with Crippen LogP contribution in [0, 0.1) is 0 Å². The molecule has 1 rings (SSSR count). The van der Waals surface area contributed by atoms with Gasteiger partial charge in [-0.15, -0.1) is 0 Å². The van der Waals surface area contributed by atoms with Gasteiger partial charge in [-0.2, -0.15) is 0 Å². The molecule has 0 aliphatic carbocycles. The molecule has 0 saturated carbocycles. The van der Waals surface area contributed by atoms with Crippen LogP contribution in [0.15, 0.2) is 0 Å². The molecule has 0 spiro atoms. The van der Waals surface area contributed by atoms with Gasteiger partial charge < -0.3 is 15.5 Å². The summed E-state index contributed by atoms with van der Waals surface area (Å²) in [5.41, 5.74) is 5.77. The molecule has 0 aromatic heterocycles. The predicted octanol–water partition coefficient (Wildman–Crippen LogP) is 1.53. The third-order valence-corrected chi connectivity index (χ3v) is 3.73. The van der Waals surface area contributed by atoms with Crippen LogP contribution in [0.25, 0.3) is 0 Å². The van der Waals surface area contributed by atoms with Crippen molar-refractivity contribution < 1.29 is 0 Å². The molecule has 1 aliphatic heterocycles. The van der Waals surface area contributed by atoms with Gasteiger partial charge in [-0.05, 0) is 66.3 Å². The van der Waals surface area contributed by atoms with Gasteiger partial charge in [0, 0.05) is 12.1 Å². The number of piperidine rings is 1. The summed E-state index contributed by atoms with van der Waals surface area (Å²) in [5, 5.41) is 0. The van der Waals surface area contributed by atoms with E-state index in [0.29, 0.717) is 6.04 Å². The van der Waals surface area contributed by atoms with Crippen LogP contribution < -0.4 is 5.73 Å². The van der Waals surface area contributed by atoms with Gasteiger partial charge in [0.05, 0.1) is 0 Å². The smallest absolute Gasteiger partial charge is 0.0104 e. The van der Waals surface area contributed by atoms with Crippen molar-refractivity contribution in [3.05, 3.63) is 0 Å². The molecule has 3 nitrogen and oxygen atoms in total. The summed E-state index contributed by atoms with van der Waals surface area (Å²) in [6.45, 7) is 5.72. The summed E-state index contributed by atoms with van der Waals surface area (Å²) in [6.07, 6.45) is 6.60. The fourth-order valence-electron chi connectivity index (χ4n) is 2.41. The first-order valence-corrected chi connectivity index (χ1v) is 6.74. The number of hydrogen-bond acceptors (Lipinski definition) is 3. The number of rotatable bonds is 6. The van der Waals surface area contributed by atoms with Gasteiger partial charge in [0.1, 0.15) is 0 Å². The molecular formula is C13H29N3. The molecule has 96 valence electrons. The second-order valence-electron chi connectivity index (χ2n) is 5.49. The zero-order chi connectivity index (χ0) is 12.0. The van der Waals surface area contributed by atoms with Crippen LogP contribution in [0.1, 0.15) is 39.0 Å². The van der Waals surface area contributed by atoms with Gasteiger partial charge in [-0.1, -0.05) is 6.42 Å². The Kier molecular flexibility index (Phi) is 6.32. The summed E-state index contributed by atoms with van der Waals surface area (Å²) >= 11 is 0. The normalized spacial score (nSPS) is 24.9. The van der Waals surface area contributed by atoms with Crippen molar-refractivity contribution in [1.29, 1.82) is 0 Å². The number of hydrogen-bond donors (Lipinski definition) is 1. The quantitative estimate of drug-likeness (QED) is 0.747. The molecule has 0 aromatic rings. The second-order valence-corrected chi connectivity index (χ2v) is 5.49. The largest absolute Gasteiger partial charge is 0.328 e. The Bertz CT molecular complexity index is 182. The van der Waals surface area contributed by atoms with E-state index in [1.807, 2.05) is 0 Å². The lowest BCUT2D eigenvalue weighted by molar-refractivity contribution is 0.160. The van der Waals surface area contributed by atoms with Gasteiger partial charge in [0.25, 0.3) is 0 Å². The first kappa shape index (κ1) is 13.9. The zero-order valence-corrected chi connectivity index (χ0v) is 11.3. The number of nitrogens with two attached hydrogens (primary N) is 1. The van der Waals surface area contributed by atoms with Crippen molar-refractivity contribution >= 4 is 0 Å². The maximum Gasteiger partial charge on any atom is 0.0104 e. The molecule has 2 N–H and O–H groups in total. The first-order valence-electron chi connectivity index (χ1n) is 6.74. The molecule has 1 saturated heterocycles. The van der Waals surface area contributed by atoms with E-state index in [2.05, 4.69) is 30.8 Å². The third kappa shape index (κ3) is 5.28. The summed E-state index contributed by atoms with van der Waals surface area (Å²) in [5.74, 6) is 0. The monoisotopic (exact) mass is 227 g/mol. The fraction of sp³-hybridized carbons (Fsp3) is 1.00. The fourth-order valence-corrected chi connectivity index (χ4v) is 2.41. The Morgan fingerprint density at radius 2 is 2.12 bits per heavy atom. The Morgan fingerprint density at radius 3 is 2.75 bits per heavy atom. The lowest BCUT2D eigenvalue weighted by Crippen LogP contribution is -2.38. The van der Waals surface area contributed by atoms with Gasteiger partial charge in [-0.25, -0.2) is 0 Å². The minimum absolute atomic E-state index is 0.333. The number of nitrogens with zero attached hydrogens (tertiary/aromatic N) is 2. The van der Waals surface area contributed by atoms with E-state index in [4.69, 9.17) is 5.73 Å². The minimum Gasteiger partial charge on any atom is -0.328 e. The molecule has 1 aliphatic rings. The van der Waals surface area contributed by atoms with Crippen LogP contribution in [-0.4, -0.2) is 55.6 Å². The van der Waals surface area contributed by atoms with Crippen LogP contribution in [0.2, 0.25) is 0 Å². The second kappa shape index (κ2) is 7.25. The SMILES string of the molecule is CC(N)CCN(C)CCC1CCCCN1C. The van der Waals surface area contributed by atoms with E-state index in [-0.39, 0.29) is 0 Å². The highest BCUT2D eigenvalue weighted by Gasteiger charge is 2.18. The topological polar surface area (TPSA) is 32.5 Å². The van der Waals surface area contributed by atoms with E-state index >= 15 is 0 Å². The Balaban J connectivity index is 2.12. The molecule has 16 heavy (non-hydrogen) atoms. The van der Waals surface area contributed by atoms with E-state index in [0.717, 1.165) is 19.0 Å². The van der Waals surface area contributed by atoms with Crippen LogP contribution in [0.3, 0.4) is 0 Å². The molecule has 0 aromatic carbocycles. The highest BCUT2D eigenvalue weighted by molar-refractivity contribution is 4.75. The van der Waals surface area contributed by atoms with Crippen molar-refractivity contribution in [2.45, 2.75) is 51.1 Å². The van der Waals surface area contributed by atoms with Gasteiger partial charge in [-0.3, -0.25) is 0 Å². The van der Waals surface area contributed by atoms with Gasteiger partial charge in [0.2, 0.25) is 0 Å². The minimum atomic E-state index is 0.333. The molecule has 2 atom stereocenters. The lowest BCUT2D eigenvalue weighted by atomic mass is 10.00. The maximum absolute atomic E-state index is 5.77. The van der Waals surface area contributed by atoms with Crippen LogP contribution in [0.5, 0.6) is 0 Å². The van der Waals surface area contributed by atoms with Crippen molar-refractivity contribution in [1.82, 2.24) is 9.80 Å². The van der Waals surface area contributed by atoms with E-state index in [1.165, 1.54) is 38.8 Å².